The zero-order valence-corrected chi connectivity index (χ0v) is 16.7. The molecule has 3 nitrogen and oxygen atoms in total. The molecule has 0 spiro atoms. The van der Waals surface area contributed by atoms with E-state index in [2.05, 4.69) is 66.1 Å². The second-order valence-corrected chi connectivity index (χ2v) is 7.49. The number of aromatic nitrogens is 1. The van der Waals surface area contributed by atoms with Gasteiger partial charge in [0.2, 0.25) is 0 Å². The number of rotatable bonds is 7. The predicted octanol–water partition coefficient (Wildman–Crippen LogP) is 4.48. The summed E-state index contributed by atoms with van der Waals surface area (Å²) in [6, 6.07) is 16.9. The van der Waals surface area contributed by atoms with Crippen molar-refractivity contribution in [1.29, 1.82) is 0 Å². The standard InChI is InChI=1S/C22H29N3S/c1-3-5-16-24-17-22(19-11-7-6-8-12-19,20-13-9-10-14-23-20)21(26)25(18-24)15-4-2/h6-14H,3-5,15-18H2,1-2H3. The molecular weight excluding hydrogens is 338 g/mol. The fourth-order valence-electron chi connectivity index (χ4n) is 3.89. The van der Waals surface area contributed by atoms with Crippen LogP contribution < -0.4 is 0 Å². The largest absolute Gasteiger partial charge is 0.352 e. The Morgan fingerprint density at radius 1 is 1.00 bits per heavy atom. The number of nitrogens with zero attached hydrogens (tertiary/aromatic N) is 3. The summed E-state index contributed by atoms with van der Waals surface area (Å²) in [4.78, 5) is 10.7. The summed E-state index contributed by atoms with van der Waals surface area (Å²) in [7, 11) is 0. The molecule has 1 aliphatic heterocycles. The molecule has 0 saturated carbocycles. The maximum Gasteiger partial charge on any atom is 0.100 e. The molecule has 2 heterocycles. The Morgan fingerprint density at radius 3 is 2.42 bits per heavy atom. The Kier molecular flexibility index (Phi) is 6.38. The zero-order chi connectivity index (χ0) is 18.4. The van der Waals surface area contributed by atoms with Crippen molar-refractivity contribution in [1.82, 2.24) is 14.8 Å². The van der Waals surface area contributed by atoms with Crippen LogP contribution in [0.15, 0.2) is 54.7 Å². The van der Waals surface area contributed by atoms with Crippen LogP contribution >= 0.6 is 12.2 Å². The Morgan fingerprint density at radius 2 is 1.77 bits per heavy atom. The quantitative estimate of drug-likeness (QED) is 0.672. The topological polar surface area (TPSA) is 19.4 Å². The first-order valence-electron chi connectivity index (χ1n) is 9.71. The van der Waals surface area contributed by atoms with Gasteiger partial charge in [-0.15, -0.1) is 0 Å². The van der Waals surface area contributed by atoms with E-state index in [4.69, 9.17) is 17.2 Å². The summed E-state index contributed by atoms with van der Waals surface area (Å²) in [5, 5.41) is 0. The molecule has 26 heavy (non-hydrogen) atoms. The van der Waals surface area contributed by atoms with Crippen LogP contribution in [0.5, 0.6) is 0 Å². The van der Waals surface area contributed by atoms with E-state index < -0.39 is 0 Å². The summed E-state index contributed by atoms with van der Waals surface area (Å²) in [5.74, 6) is 0. The van der Waals surface area contributed by atoms with Crippen molar-refractivity contribution in [3.63, 3.8) is 0 Å². The number of thiocarbonyl (C=S) groups is 1. The van der Waals surface area contributed by atoms with Crippen LogP contribution in [-0.2, 0) is 5.41 Å². The van der Waals surface area contributed by atoms with E-state index in [-0.39, 0.29) is 5.41 Å². The summed E-state index contributed by atoms with van der Waals surface area (Å²) < 4.78 is 0. The second-order valence-electron chi connectivity index (χ2n) is 7.10. The summed E-state index contributed by atoms with van der Waals surface area (Å²) in [6.45, 7) is 8.38. The molecule has 0 N–H and O–H groups in total. The number of hydrogen-bond acceptors (Lipinski definition) is 3. The van der Waals surface area contributed by atoms with Gasteiger partial charge in [0.05, 0.1) is 17.4 Å². The van der Waals surface area contributed by atoms with Crippen LogP contribution in [0.2, 0.25) is 0 Å². The minimum Gasteiger partial charge on any atom is -0.352 e. The van der Waals surface area contributed by atoms with Crippen molar-refractivity contribution in [2.45, 2.75) is 38.5 Å². The van der Waals surface area contributed by atoms with E-state index in [1.165, 1.54) is 18.4 Å². The van der Waals surface area contributed by atoms with Gasteiger partial charge in [-0.3, -0.25) is 9.88 Å². The normalized spacial score (nSPS) is 21.2. The fourth-order valence-corrected chi connectivity index (χ4v) is 4.33. The van der Waals surface area contributed by atoms with Crippen LogP contribution in [0.1, 0.15) is 44.4 Å². The third kappa shape index (κ3) is 3.67. The zero-order valence-electron chi connectivity index (χ0n) is 15.9. The van der Waals surface area contributed by atoms with E-state index >= 15 is 0 Å². The van der Waals surface area contributed by atoms with Crippen molar-refractivity contribution in [2.75, 3.05) is 26.3 Å². The molecule has 3 rings (SSSR count). The van der Waals surface area contributed by atoms with Crippen LogP contribution in [0.25, 0.3) is 0 Å². The van der Waals surface area contributed by atoms with Gasteiger partial charge in [-0.1, -0.05) is 68.9 Å². The molecule has 0 aliphatic carbocycles. The van der Waals surface area contributed by atoms with Crippen molar-refractivity contribution in [2.24, 2.45) is 0 Å². The maximum absolute atomic E-state index is 6.11. The summed E-state index contributed by atoms with van der Waals surface area (Å²) >= 11 is 6.11. The number of hydrogen-bond donors (Lipinski definition) is 0. The van der Waals surface area contributed by atoms with Crippen LogP contribution in [-0.4, -0.2) is 46.1 Å². The molecule has 0 amide bonds. The first-order chi connectivity index (χ1) is 12.7. The van der Waals surface area contributed by atoms with Gasteiger partial charge < -0.3 is 4.90 Å². The van der Waals surface area contributed by atoms with E-state index in [1.54, 1.807) is 0 Å². The molecule has 1 aromatic heterocycles. The third-order valence-electron chi connectivity index (χ3n) is 5.17. The molecule has 2 aromatic rings. The lowest BCUT2D eigenvalue weighted by molar-refractivity contribution is 0.134. The lowest BCUT2D eigenvalue weighted by Crippen LogP contribution is -2.61. The van der Waals surface area contributed by atoms with Gasteiger partial charge in [0.15, 0.2) is 0 Å². The molecule has 1 aromatic carbocycles. The van der Waals surface area contributed by atoms with Crippen LogP contribution in [0.3, 0.4) is 0 Å². The van der Waals surface area contributed by atoms with Crippen LogP contribution in [0, 0.1) is 0 Å². The molecule has 0 bridgehead atoms. The van der Waals surface area contributed by atoms with E-state index in [9.17, 15) is 0 Å². The lowest BCUT2D eigenvalue weighted by atomic mass is 9.74. The number of pyridine rings is 1. The first kappa shape index (κ1) is 19.0. The van der Waals surface area contributed by atoms with Gasteiger partial charge in [0, 0.05) is 19.3 Å². The fraction of sp³-hybridized carbons (Fsp3) is 0.455. The van der Waals surface area contributed by atoms with Crippen LogP contribution in [0.4, 0.5) is 0 Å². The first-order valence-corrected chi connectivity index (χ1v) is 10.1. The lowest BCUT2D eigenvalue weighted by Gasteiger charge is -2.49. The predicted molar refractivity (Wildman–Crippen MR) is 112 cm³/mol. The van der Waals surface area contributed by atoms with Gasteiger partial charge in [-0.2, -0.15) is 0 Å². The van der Waals surface area contributed by atoms with E-state index in [0.29, 0.717) is 0 Å². The van der Waals surface area contributed by atoms with Crippen molar-refractivity contribution < 1.29 is 0 Å². The Labute approximate surface area is 163 Å². The molecule has 4 heteroatoms. The molecule has 138 valence electrons. The van der Waals surface area contributed by atoms with Crippen molar-refractivity contribution in [3.05, 3.63) is 66.0 Å². The highest BCUT2D eigenvalue weighted by Crippen LogP contribution is 2.38. The third-order valence-corrected chi connectivity index (χ3v) is 5.78. The highest BCUT2D eigenvalue weighted by molar-refractivity contribution is 7.80. The smallest absolute Gasteiger partial charge is 0.100 e. The maximum atomic E-state index is 6.11. The molecule has 1 fully saturated rings. The van der Waals surface area contributed by atoms with Gasteiger partial charge >= 0.3 is 0 Å². The van der Waals surface area contributed by atoms with Gasteiger partial charge in [0.25, 0.3) is 0 Å². The summed E-state index contributed by atoms with van der Waals surface area (Å²) in [6.07, 6.45) is 5.39. The minimum atomic E-state index is -0.362. The monoisotopic (exact) mass is 367 g/mol. The highest BCUT2D eigenvalue weighted by atomic mass is 32.1. The SMILES string of the molecule is CCCCN1CN(CCC)C(=S)C(c2ccccc2)(c2ccccn2)C1. The van der Waals surface area contributed by atoms with Crippen molar-refractivity contribution >= 4 is 17.2 Å². The average molecular weight is 368 g/mol. The van der Waals surface area contributed by atoms with Gasteiger partial charge in [-0.05, 0) is 37.1 Å². The highest BCUT2D eigenvalue weighted by Gasteiger charge is 2.46. The second kappa shape index (κ2) is 8.74. The molecular formula is C22H29N3S. The van der Waals surface area contributed by atoms with E-state index in [0.717, 1.165) is 43.4 Å². The molecule has 1 saturated heterocycles. The van der Waals surface area contributed by atoms with E-state index in [1.807, 2.05) is 12.3 Å². The molecule has 0 radical (unpaired) electrons. The van der Waals surface area contributed by atoms with Crippen molar-refractivity contribution in [3.8, 4) is 0 Å². The minimum absolute atomic E-state index is 0.362. The molecule has 1 unspecified atom stereocenters. The van der Waals surface area contributed by atoms with Gasteiger partial charge in [-0.25, -0.2) is 0 Å². The number of unbranched alkanes of at least 4 members (excludes halogenated alkanes) is 1. The molecule has 1 aliphatic rings. The molecule has 1 atom stereocenters. The Hall–Kier alpha value is -1.78. The Balaban J connectivity index is 2.11. The average Bonchev–Trinajstić information content (AvgIpc) is 2.70. The van der Waals surface area contributed by atoms with Gasteiger partial charge in [0.1, 0.15) is 5.41 Å². The number of benzene rings is 1. The summed E-state index contributed by atoms with van der Waals surface area (Å²) in [5.41, 5.74) is 1.93. The Bertz CT molecular complexity index is 662.